The molecule has 112 valence electrons. The first-order valence-electron chi connectivity index (χ1n) is 7.64. The zero-order valence-electron chi connectivity index (χ0n) is 12.3. The Morgan fingerprint density at radius 2 is 1.68 bits per heavy atom. The number of nitrogens with zero attached hydrogens (tertiary/aromatic N) is 2. The van der Waals surface area contributed by atoms with Gasteiger partial charge in [-0.05, 0) is 17.2 Å². The molecule has 2 aromatic rings. The number of morpholine rings is 1. The maximum absolute atomic E-state index is 5.47. The number of rotatable bonds is 1. The van der Waals surface area contributed by atoms with Gasteiger partial charge in [-0.25, -0.2) is 4.99 Å². The van der Waals surface area contributed by atoms with Crippen molar-refractivity contribution in [1.82, 2.24) is 4.90 Å². The minimum absolute atomic E-state index is 0.313. The third-order valence-corrected chi connectivity index (χ3v) is 5.36. The Morgan fingerprint density at radius 1 is 0.955 bits per heavy atom. The van der Waals surface area contributed by atoms with Crippen molar-refractivity contribution in [3.63, 3.8) is 0 Å². The van der Waals surface area contributed by atoms with Crippen molar-refractivity contribution in [1.29, 1.82) is 0 Å². The van der Waals surface area contributed by atoms with Crippen LogP contribution in [-0.2, 0) is 4.74 Å². The second-order valence-electron chi connectivity index (χ2n) is 5.46. The maximum atomic E-state index is 5.47. The van der Waals surface area contributed by atoms with Crippen LogP contribution in [-0.4, -0.2) is 36.4 Å². The van der Waals surface area contributed by atoms with Crippen molar-refractivity contribution in [3.8, 4) is 0 Å². The Kier molecular flexibility index (Phi) is 3.87. The molecule has 0 spiro atoms. The van der Waals surface area contributed by atoms with Crippen LogP contribution in [0.4, 0.5) is 5.69 Å². The Balaban J connectivity index is 1.73. The highest BCUT2D eigenvalue weighted by molar-refractivity contribution is 8.14. The molecule has 4 heteroatoms. The fourth-order valence-corrected chi connectivity index (χ4v) is 4.20. The molecule has 2 aromatic carbocycles. The lowest BCUT2D eigenvalue weighted by molar-refractivity contribution is 0.0693. The lowest BCUT2D eigenvalue weighted by Gasteiger charge is -2.33. The monoisotopic (exact) mass is 310 g/mol. The number of hydrogen-bond donors (Lipinski definition) is 0. The first-order chi connectivity index (χ1) is 10.9. The normalized spacial score (nSPS) is 21.2. The van der Waals surface area contributed by atoms with Gasteiger partial charge in [-0.15, -0.1) is 0 Å². The molecule has 22 heavy (non-hydrogen) atoms. The first-order valence-corrected chi connectivity index (χ1v) is 8.52. The smallest absolute Gasteiger partial charge is 0.165 e. The summed E-state index contributed by atoms with van der Waals surface area (Å²) >= 11 is 1.85. The van der Waals surface area contributed by atoms with Crippen molar-refractivity contribution in [2.45, 2.75) is 5.25 Å². The van der Waals surface area contributed by atoms with Crippen LogP contribution in [0.3, 0.4) is 0 Å². The minimum atomic E-state index is 0.313. The van der Waals surface area contributed by atoms with Crippen molar-refractivity contribution >= 4 is 22.6 Å². The Labute approximate surface area is 135 Å². The molecule has 0 aromatic heterocycles. The zero-order chi connectivity index (χ0) is 14.8. The molecule has 0 radical (unpaired) electrons. The molecule has 1 fully saturated rings. The highest BCUT2D eigenvalue weighted by atomic mass is 32.2. The second kappa shape index (κ2) is 6.15. The maximum Gasteiger partial charge on any atom is 0.165 e. The van der Waals surface area contributed by atoms with E-state index in [0.29, 0.717) is 5.25 Å². The van der Waals surface area contributed by atoms with Crippen LogP contribution in [0, 0.1) is 0 Å². The van der Waals surface area contributed by atoms with Gasteiger partial charge in [0.15, 0.2) is 5.17 Å². The molecule has 3 nitrogen and oxygen atoms in total. The minimum Gasteiger partial charge on any atom is -0.378 e. The Bertz CT molecular complexity index is 680. The molecule has 0 amide bonds. The number of benzene rings is 2. The van der Waals surface area contributed by atoms with Gasteiger partial charge in [0.05, 0.1) is 24.2 Å². The summed E-state index contributed by atoms with van der Waals surface area (Å²) in [4.78, 5) is 7.24. The number of hydrogen-bond acceptors (Lipinski definition) is 4. The average Bonchev–Trinajstić information content (AvgIpc) is 2.62. The topological polar surface area (TPSA) is 24.8 Å². The van der Waals surface area contributed by atoms with Crippen LogP contribution >= 0.6 is 11.8 Å². The lowest BCUT2D eigenvalue weighted by atomic mass is 10.0. The lowest BCUT2D eigenvalue weighted by Crippen LogP contribution is -2.40. The number of thioether (sulfide) groups is 1. The third-order valence-electron chi connectivity index (χ3n) is 4.04. The highest BCUT2D eigenvalue weighted by Gasteiger charge is 2.28. The first kappa shape index (κ1) is 13.9. The molecule has 0 aliphatic carbocycles. The van der Waals surface area contributed by atoms with Crippen molar-refractivity contribution < 1.29 is 4.74 Å². The summed E-state index contributed by atoms with van der Waals surface area (Å²) in [6.45, 7) is 3.43. The van der Waals surface area contributed by atoms with Gasteiger partial charge in [0, 0.05) is 13.1 Å². The number of ether oxygens (including phenoxy) is 1. The van der Waals surface area contributed by atoms with E-state index >= 15 is 0 Å². The molecule has 1 unspecified atom stereocenters. The molecule has 1 atom stereocenters. The predicted molar refractivity (Wildman–Crippen MR) is 91.8 cm³/mol. The molecule has 2 aliphatic heterocycles. The van der Waals surface area contributed by atoms with E-state index in [1.807, 2.05) is 11.8 Å². The number of fused-ring (bicyclic) bond motifs is 1. The van der Waals surface area contributed by atoms with Crippen molar-refractivity contribution in [3.05, 3.63) is 65.7 Å². The van der Waals surface area contributed by atoms with Gasteiger partial charge in [0.25, 0.3) is 0 Å². The van der Waals surface area contributed by atoms with Gasteiger partial charge in [0.1, 0.15) is 0 Å². The van der Waals surface area contributed by atoms with Crippen LogP contribution < -0.4 is 0 Å². The quantitative estimate of drug-likeness (QED) is 0.800. The number of amidine groups is 1. The fraction of sp³-hybridized carbons (Fsp3) is 0.278. The van der Waals surface area contributed by atoms with E-state index in [4.69, 9.17) is 9.73 Å². The van der Waals surface area contributed by atoms with Gasteiger partial charge < -0.3 is 9.64 Å². The summed E-state index contributed by atoms with van der Waals surface area (Å²) in [6, 6.07) is 19.2. The largest absolute Gasteiger partial charge is 0.378 e. The summed E-state index contributed by atoms with van der Waals surface area (Å²) in [5, 5.41) is 1.43. The number of aliphatic imine (C=N–C) groups is 1. The number of para-hydroxylation sites is 1. The van der Waals surface area contributed by atoms with Crippen LogP contribution in [0.5, 0.6) is 0 Å². The van der Waals surface area contributed by atoms with Crippen LogP contribution in [0.2, 0.25) is 0 Å². The van der Waals surface area contributed by atoms with E-state index < -0.39 is 0 Å². The van der Waals surface area contributed by atoms with Crippen molar-refractivity contribution in [2.24, 2.45) is 4.99 Å². The van der Waals surface area contributed by atoms with Gasteiger partial charge >= 0.3 is 0 Å². The van der Waals surface area contributed by atoms with E-state index in [-0.39, 0.29) is 0 Å². The fourth-order valence-electron chi connectivity index (χ4n) is 2.88. The molecule has 4 rings (SSSR count). The molecule has 2 aliphatic rings. The zero-order valence-corrected chi connectivity index (χ0v) is 13.1. The second-order valence-corrected chi connectivity index (χ2v) is 6.53. The summed E-state index contributed by atoms with van der Waals surface area (Å²) < 4.78 is 5.47. The van der Waals surface area contributed by atoms with Crippen LogP contribution in [0.15, 0.2) is 59.6 Å². The third kappa shape index (κ3) is 2.64. The van der Waals surface area contributed by atoms with Gasteiger partial charge in [-0.1, -0.05) is 60.3 Å². The molecule has 0 bridgehead atoms. The van der Waals surface area contributed by atoms with Gasteiger partial charge in [0.2, 0.25) is 0 Å². The van der Waals surface area contributed by atoms with Gasteiger partial charge in [-0.3, -0.25) is 0 Å². The van der Waals surface area contributed by atoms with Crippen molar-refractivity contribution in [2.75, 3.05) is 26.3 Å². The SMILES string of the molecule is c1ccc(C2SC(N3CCOCC3)=Nc3ccccc32)cc1. The highest BCUT2D eigenvalue weighted by Crippen LogP contribution is 2.45. The molecule has 0 saturated carbocycles. The molecule has 2 heterocycles. The predicted octanol–water partition coefficient (Wildman–Crippen LogP) is 3.84. The summed E-state index contributed by atoms with van der Waals surface area (Å²) in [6.07, 6.45) is 0. The molecule has 0 N–H and O–H groups in total. The molecular formula is C18H18N2OS. The summed E-state index contributed by atoms with van der Waals surface area (Å²) in [5.74, 6) is 0. The van der Waals surface area contributed by atoms with E-state index in [1.165, 1.54) is 11.1 Å². The molecule has 1 saturated heterocycles. The Hall–Kier alpha value is -1.78. The van der Waals surface area contributed by atoms with E-state index in [1.54, 1.807) is 0 Å². The van der Waals surface area contributed by atoms with E-state index in [9.17, 15) is 0 Å². The Morgan fingerprint density at radius 3 is 2.50 bits per heavy atom. The summed E-state index contributed by atoms with van der Waals surface area (Å²) in [5.41, 5.74) is 3.73. The summed E-state index contributed by atoms with van der Waals surface area (Å²) in [7, 11) is 0. The standard InChI is InChI=1S/C18H18N2OS/c1-2-6-14(7-3-1)17-15-8-4-5-9-16(15)19-18(22-17)20-10-12-21-13-11-20/h1-9,17H,10-13H2. The van der Waals surface area contributed by atoms with Gasteiger partial charge in [-0.2, -0.15) is 0 Å². The average molecular weight is 310 g/mol. The van der Waals surface area contributed by atoms with Crippen LogP contribution in [0.1, 0.15) is 16.4 Å². The van der Waals surface area contributed by atoms with E-state index in [0.717, 1.165) is 37.2 Å². The molecular weight excluding hydrogens is 292 g/mol. The van der Waals surface area contributed by atoms with E-state index in [2.05, 4.69) is 59.5 Å². The van der Waals surface area contributed by atoms with Crippen LogP contribution in [0.25, 0.3) is 0 Å².